The van der Waals surface area contributed by atoms with Crippen LogP contribution in [0.3, 0.4) is 0 Å². The second kappa shape index (κ2) is 10.8. The SMILES string of the molecule is COc1ccc(C(=O)N(C)Cc2ccccc2N2CCCCC2)cc1S(=O)(=O)N1CCOCC1. The molecule has 0 atom stereocenters. The Morgan fingerprint density at radius 3 is 2.44 bits per heavy atom. The van der Waals surface area contributed by atoms with Crippen LogP contribution in [0.15, 0.2) is 47.4 Å². The van der Waals surface area contributed by atoms with E-state index in [1.165, 1.54) is 36.7 Å². The Morgan fingerprint density at radius 1 is 1.03 bits per heavy atom. The van der Waals surface area contributed by atoms with Crippen LogP contribution in [0.25, 0.3) is 0 Å². The van der Waals surface area contributed by atoms with Gasteiger partial charge in [0.25, 0.3) is 5.91 Å². The van der Waals surface area contributed by atoms with Crippen LogP contribution in [0.5, 0.6) is 5.75 Å². The summed E-state index contributed by atoms with van der Waals surface area (Å²) in [5, 5.41) is 0. The van der Waals surface area contributed by atoms with E-state index >= 15 is 0 Å². The summed E-state index contributed by atoms with van der Waals surface area (Å²) in [7, 11) is -0.641. The molecule has 0 aliphatic carbocycles. The molecule has 0 aromatic heterocycles. The summed E-state index contributed by atoms with van der Waals surface area (Å²) >= 11 is 0. The summed E-state index contributed by atoms with van der Waals surface area (Å²) in [5.74, 6) is -0.0179. The number of methoxy groups -OCH3 is 1. The van der Waals surface area contributed by atoms with Crippen molar-refractivity contribution >= 4 is 21.6 Å². The molecular formula is C25H33N3O5S. The number of rotatable bonds is 7. The first-order valence-electron chi connectivity index (χ1n) is 11.8. The number of carbonyl (C=O) groups excluding carboxylic acids is 1. The minimum absolute atomic E-state index is 0.00451. The normalized spacial score (nSPS) is 17.4. The second-order valence-corrected chi connectivity index (χ2v) is 10.6. The summed E-state index contributed by atoms with van der Waals surface area (Å²) in [6.45, 7) is 3.72. The first-order chi connectivity index (χ1) is 16.4. The molecule has 0 N–H and O–H groups in total. The van der Waals surface area contributed by atoms with Crippen LogP contribution in [-0.2, 0) is 21.3 Å². The van der Waals surface area contributed by atoms with Crippen LogP contribution < -0.4 is 9.64 Å². The molecule has 0 radical (unpaired) electrons. The molecule has 2 aliphatic rings. The zero-order chi connectivity index (χ0) is 24.1. The van der Waals surface area contributed by atoms with Gasteiger partial charge in [-0.3, -0.25) is 4.79 Å². The van der Waals surface area contributed by atoms with Gasteiger partial charge < -0.3 is 19.3 Å². The topological polar surface area (TPSA) is 79.4 Å². The van der Waals surface area contributed by atoms with Gasteiger partial charge in [-0.25, -0.2) is 8.42 Å². The van der Waals surface area contributed by atoms with E-state index in [1.807, 2.05) is 12.1 Å². The molecule has 2 saturated heterocycles. The van der Waals surface area contributed by atoms with Crippen LogP contribution in [0.4, 0.5) is 5.69 Å². The molecule has 0 unspecified atom stereocenters. The second-order valence-electron chi connectivity index (χ2n) is 8.72. The Bertz CT molecular complexity index is 1110. The maximum absolute atomic E-state index is 13.3. The number of anilines is 1. The smallest absolute Gasteiger partial charge is 0.253 e. The third kappa shape index (κ3) is 5.21. The molecule has 0 saturated carbocycles. The number of sulfonamides is 1. The monoisotopic (exact) mass is 487 g/mol. The molecule has 8 nitrogen and oxygen atoms in total. The average molecular weight is 488 g/mol. The van der Waals surface area contributed by atoms with E-state index in [0.717, 1.165) is 24.3 Å². The summed E-state index contributed by atoms with van der Waals surface area (Å²) in [4.78, 5) is 17.4. The molecule has 1 amide bonds. The zero-order valence-corrected chi connectivity index (χ0v) is 20.7. The van der Waals surface area contributed by atoms with Crippen molar-refractivity contribution < 1.29 is 22.7 Å². The van der Waals surface area contributed by atoms with E-state index in [1.54, 1.807) is 24.1 Å². The highest BCUT2D eigenvalue weighted by molar-refractivity contribution is 7.89. The lowest BCUT2D eigenvalue weighted by molar-refractivity contribution is 0.0729. The molecule has 34 heavy (non-hydrogen) atoms. The Morgan fingerprint density at radius 2 is 1.74 bits per heavy atom. The van der Waals surface area contributed by atoms with Crippen molar-refractivity contribution in [2.75, 3.05) is 58.5 Å². The number of benzene rings is 2. The molecule has 2 aromatic rings. The number of hydrogen-bond donors (Lipinski definition) is 0. The number of piperidine rings is 1. The molecule has 2 fully saturated rings. The highest BCUT2D eigenvalue weighted by Crippen LogP contribution is 2.30. The number of hydrogen-bond acceptors (Lipinski definition) is 6. The lowest BCUT2D eigenvalue weighted by Gasteiger charge is -2.31. The van der Waals surface area contributed by atoms with Crippen LogP contribution in [0.1, 0.15) is 35.2 Å². The fourth-order valence-corrected chi connectivity index (χ4v) is 6.16. The van der Waals surface area contributed by atoms with Crippen molar-refractivity contribution in [1.29, 1.82) is 0 Å². The molecule has 0 spiro atoms. The lowest BCUT2D eigenvalue weighted by Crippen LogP contribution is -2.40. The third-order valence-electron chi connectivity index (χ3n) is 6.44. The van der Waals surface area contributed by atoms with Crippen LogP contribution in [0, 0.1) is 0 Å². The number of carbonyl (C=O) groups is 1. The van der Waals surface area contributed by atoms with E-state index in [-0.39, 0.29) is 29.6 Å². The van der Waals surface area contributed by atoms with Crippen molar-refractivity contribution in [3.63, 3.8) is 0 Å². The van der Waals surface area contributed by atoms with Crippen LogP contribution in [0.2, 0.25) is 0 Å². The van der Waals surface area contributed by atoms with Gasteiger partial charge in [-0.2, -0.15) is 4.31 Å². The van der Waals surface area contributed by atoms with Gasteiger partial charge in [0.05, 0.1) is 20.3 Å². The number of amides is 1. The quantitative estimate of drug-likeness (QED) is 0.598. The molecule has 2 aromatic carbocycles. The summed E-state index contributed by atoms with van der Waals surface area (Å²) < 4.78 is 38.6. The van der Waals surface area contributed by atoms with Crippen molar-refractivity contribution in [3.05, 3.63) is 53.6 Å². The van der Waals surface area contributed by atoms with Gasteiger partial charge >= 0.3 is 0 Å². The van der Waals surface area contributed by atoms with Crippen molar-refractivity contribution in [2.45, 2.75) is 30.7 Å². The van der Waals surface area contributed by atoms with Gasteiger partial charge in [-0.1, -0.05) is 18.2 Å². The van der Waals surface area contributed by atoms with Gasteiger partial charge in [0.1, 0.15) is 10.6 Å². The molecule has 0 bridgehead atoms. The Labute approximate surface area is 202 Å². The Hall–Kier alpha value is -2.62. The van der Waals surface area contributed by atoms with Crippen molar-refractivity contribution in [3.8, 4) is 5.75 Å². The Kier molecular flexibility index (Phi) is 7.75. The number of nitrogens with zero attached hydrogens (tertiary/aromatic N) is 3. The molecule has 2 heterocycles. The highest BCUT2D eigenvalue weighted by atomic mass is 32.2. The molecule has 9 heteroatoms. The largest absolute Gasteiger partial charge is 0.495 e. The first kappa shape index (κ1) is 24.5. The van der Waals surface area contributed by atoms with Gasteiger partial charge in [0, 0.05) is 51.0 Å². The van der Waals surface area contributed by atoms with Crippen molar-refractivity contribution in [1.82, 2.24) is 9.21 Å². The number of morpholine rings is 1. The summed E-state index contributed by atoms with van der Waals surface area (Å²) in [5.41, 5.74) is 2.55. The summed E-state index contributed by atoms with van der Waals surface area (Å²) in [6, 6.07) is 12.8. The van der Waals surface area contributed by atoms with Gasteiger partial charge in [0.15, 0.2) is 0 Å². The minimum atomic E-state index is -3.82. The van der Waals surface area contributed by atoms with Crippen molar-refractivity contribution in [2.24, 2.45) is 0 Å². The van der Waals surface area contributed by atoms with Gasteiger partial charge in [0.2, 0.25) is 10.0 Å². The van der Waals surface area contributed by atoms with E-state index in [9.17, 15) is 13.2 Å². The van der Waals surface area contributed by atoms with E-state index < -0.39 is 10.0 Å². The third-order valence-corrected chi connectivity index (χ3v) is 8.36. The molecular weight excluding hydrogens is 454 g/mol. The highest BCUT2D eigenvalue weighted by Gasteiger charge is 2.30. The lowest BCUT2D eigenvalue weighted by atomic mass is 10.1. The fourth-order valence-electron chi connectivity index (χ4n) is 4.57. The van der Waals surface area contributed by atoms with E-state index in [2.05, 4.69) is 17.0 Å². The number of para-hydroxylation sites is 1. The van der Waals surface area contributed by atoms with E-state index in [4.69, 9.17) is 9.47 Å². The van der Waals surface area contributed by atoms with Crippen LogP contribution >= 0.6 is 0 Å². The van der Waals surface area contributed by atoms with E-state index in [0.29, 0.717) is 25.3 Å². The minimum Gasteiger partial charge on any atom is -0.495 e. The average Bonchev–Trinajstić information content (AvgIpc) is 2.89. The van der Waals surface area contributed by atoms with Crippen LogP contribution in [-0.4, -0.2) is 77.1 Å². The molecule has 2 aliphatic heterocycles. The number of ether oxygens (including phenoxy) is 2. The molecule has 4 rings (SSSR count). The first-order valence-corrected chi connectivity index (χ1v) is 13.2. The van der Waals surface area contributed by atoms with Gasteiger partial charge in [-0.15, -0.1) is 0 Å². The standard InChI is InChI=1S/C25H33N3O5S/c1-26(19-21-8-4-5-9-22(21)27-12-6-3-7-13-27)25(29)20-10-11-23(32-2)24(18-20)34(30,31)28-14-16-33-17-15-28/h4-5,8-11,18H,3,6-7,12-17,19H2,1-2H3. The predicted molar refractivity (Wildman–Crippen MR) is 131 cm³/mol. The fraction of sp³-hybridized carbons (Fsp3) is 0.480. The predicted octanol–water partition coefficient (Wildman–Crippen LogP) is 2.98. The Balaban J connectivity index is 1.57. The summed E-state index contributed by atoms with van der Waals surface area (Å²) in [6.07, 6.45) is 3.61. The maximum Gasteiger partial charge on any atom is 0.253 e. The molecule has 184 valence electrons. The maximum atomic E-state index is 13.3. The van der Waals surface area contributed by atoms with Gasteiger partial charge in [-0.05, 0) is 49.1 Å². The zero-order valence-electron chi connectivity index (χ0n) is 19.9.